The van der Waals surface area contributed by atoms with E-state index in [0.717, 1.165) is 12.0 Å². The van der Waals surface area contributed by atoms with Crippen LogP contribution in [0.1, 0.15) is 39.7 Å². The highest BCUT2D eigenvalue weighted by molar-refractivity contribution is 5.81. The number of amides is 1. The van der Waals surface area contributed by atoms with Crippen LogP contribution in [0.25, 0.3) is 0 Å². The number of halogens is 2. The second-order valence-corrected chi connectivity index (χ2v) is 6.17. The lowest BCUT2D eigenvalue weighted by atomic mass is 10.0. The lowest BCUT2D eigenvalue weighted by Crippen LogP contribution is -2.51. The van der Waals surface area contributed by atoms with Gasteiger partial charge in [-0.1, -0.05) is 19.1 Å². The van der Waals surface area contributed by atoms with Crippen molar-refractivity contribution in [2.45, 2.75) is 58.7 Å². The second kappa shape index (κ2) is 8.82. The molecule has 0 saturated carbocycles. The molecule has 0 aliphatic carbocycles. The van der Waals surface area contributed by atoms with Gasteiger partial charge in [-0.2, -0.15) is 0 Å². The van der Waals surface area contributed by atoms with Crippen molar-refractivity contribution in [1.82, 2.24) is 10.6 Å². The molecule has 0 aliphatic rings. The first-order valence-corrected chi connectivity index (χ1v) is 7.79. The summed E-state index contributed by atoms with van der Waals surface area (Å²) in [6.45, 7) is 7.64. The first-order chi connectivity index (χ1) is 10.7. The number of benzene rings is 1. The number of carbonyl (C=O) groups is 1. The Balaban J connectivity index is 2.51. The first-order valence-electron chi connectivity index (χ1n) is 7.79. The van der Waals surface area contributed by atoms with Gasteiger partial charge in [-0.15, -0.1) is 0 Å². The van der Waals surface area contributed by atoms with Crippen LogP contribution >= 0.6 is 0 Å². The number of alkyl halides is 2. The molecule has 0 heterocycles. The molecular formula is C17H26F2N2O2. The van der Waals surface area contributed by atoms with E-state index in [1.165, 1.54) is 0 Å². The van der Waals surface area contributed by atoms with Crippen LogP contribution in [-0.2, 0) is 11.3 Å². The van der Waals surface area contributed by atoms with Gasteiger partial charge in [0.15, 0.2) is 0 Å². The highest BCUT2D eigenvalue weighted by atomic mass is 19.3. The van der Waals surface area contributed by atoms with Crippen molar-refractivity contribution in [2.75, 3.05) is 6.61 Å². The third-order valence-corrected chi connectivity index (χ3v) is 3.63. The van der Waals surface area contributed by atoms with Crippen molar-refractivity contribution in [1.29, 1.82) is 0 Å². The minimum absolute atomic E-state index is 0.106. The minimum atomic E-state index is -2.51. The Bertz CT molecular complexity index is 507. The van der Waals surface area contributed by atoms with E-state index in [1.807, 2.05) is 26.8 Å². The van der Waals surface area contributed by atoms with Crippen LogP contribution in [0.2, 0.25) is 0 Å². The lowest BCUT2D eigenvalue weighted by molar-refractivity contribution is -0.123. The molecule has 0 saturated heterocycles. The van der Waals surface area contributed by atoms with Crippen LogP contribution in [0.15, 0.2) is 24.3 Å². The summed E-state index contributed by atoms with van der Waals surface area (Å²) in [7, 11) is 0. The van der Waals surface area contributed by atoms with Crippen molar-refractivity contribution in [3.05, 3.63) is 29.8 Å². The topological polar surface area (TPSA) is 50.4 Å². The Morgan fingerprint density at radius 3 is 2.65 bits per heavy atom. The van der Waals surface area contributed by atoms with Crippen LogP contribution < -0.4 is 15.4 Å². The first kappa shape index (κ1) is 19.4. The molecule has 4 nitrogen and oxygen atoms in total. The van der Waals surface area contributed by atoms with Crippen molar-refractivity contribution in [2.24, 2.45) is 0 Å². The van der Waals surface area contributed by atoms with Crippen LogP contribution in [0, 0.1) is 0 Å². The smallest absolute Gasteiger partial charge is 0.272 e. The van der Waals surface area contributed by atoms with Gasteiger partial charge < -0.3 is 15.4 Å². The predicted molar refractivity (Wildman–Crippen MR) is 86.8 cm³/mol. The molecule has 23 heavy (non-hydrogen) atoms. The standard InChI is InChI=1S/C17H26F2N2O2/c1-5-17(3,4)21-12(2)16(22)20-10-13-7-6-8-14(9-13)23-11-15(18)19/h6-9,12,15,21H,5,10-11H2,1-4H3,(H,20,22)/t12-/m1/s1. The van der Waals surface area contributed by atoms with Gasteiger partial charge in [-0.25, -0.2) is 8.78 Å². The summed E-state index contributed by atoms with van der Waals surface area (Å²) >= 11 is 0. The lowest BCUT2D eigenvalue weighted by Gasteiger charge is -2.28. The molecule has 0 aromatic heterocycles. The van der Waals surface area contributed by atoms with Crippen LogP contribution in [0.5, 0.6) is 5.75 Å². The molecule has 1 atom stereocenters. The average Bonchev–Trinajstić information content (AvgIpc) is 2.50. The monoisotopic (exact) mass is 328 g/mol. The fourth-order valence-corrected chi connectivity index (χ4v) is 2.00. The number of carbonyl (C=O) groups excluding carboxylic acids is 1. The highest BCUT2D eigenvalue weighted by Crippen LogP contribution is 2.14. The van der Waals surface area contributed by atoms with Gasteiger partial charge in [0, 0.05) is 12.1 Å². The number of hydrogen-bond donors (Lipinski definition) is 2. The quantitative estimate of drug-likeness (QED) is 0.732. The van der Waals surface area contributed by atoms with E-state index in [0.29, 0.717) is 12.3 Å². The molecule has 0 fully saturated rings. The van der Waals surface area contributed by atoms with Crippen molar-refractivity contribution in [3.8, 4) is 5.75 Å². The molecule has 1 aromatic rings. The van der Waals surface area contributed by atoms with Gasteiger partial charge in [0.2, 0.25) is 5.91 Å². The molecule has 130 valence electrons. The summed E-state index contributed by atoms with van der Waals surface area (Å²) < 4.78 is 29.2. The van der Waals surface area contributed by atoms with E-state index in [2.05, 4.69) is 17.6 Å². The fourth-order valence-electron chi connectivity index (χ4n) is 2.00. The van der Waals surface area contributed by atoms with Crippen molar-refractivity contribution in [3.63, 3.8) is 0 Å². The SMILES string of the molecule is CCC(C)(C)N[C@H](C)C(=O)NCc1cccc(OCC(F)F)c1. The second-order valence-electron chi connectivity index (χ2n) is 6.17. The van der Waals surface area contributed by atoms with E-state index in [4.69, 9.17) is 4.74 Å². The summed E-state index contributed by atoms with van der Waals surface area (Å²) in [6.07, 6.45) is -1.60. The normalized spacial score (nSPS) is 13.0. The summed E-state index contributed by atoms with van der Waals surface area (Å²) in [5.74, 6) is 0.265. The summed E-state index contributed by atoms with van der Waals surface area (Å²) in [4.78, 5) is 12.1. The third kappa shape index (κ3) is 7.41. The van der Waals surface area contributed by atoms with Crippen molar-refractivity contribution >= 4 is 5.91 Å². The van der Waals surface area contributed by atoms with E-state index in [1.54, 1.807) is 18.2 Å². The van der Waals surface area contributed by atoms with Crippen LogP contribution in [0.3, 0.4) is 0 Å². The molecule has 1 amide bonds. The molecule has 1 rings (SSSR count). The Hall–Kier alpha value is -1.69. The maximum absolute atomic E-state index is 12.1. The maximum atomic E-state index is 12.1. The Kier molecular flexibility index (Phi) is 7.42. The molecular weight excluding hydrogens is 302 g/mol. The highest BCUT2D eigenvalue weighted by Gasteiger charge is 2.21. The Labute approximate surface area is 136 Å². The summed E-state index contributed by atoms with van der Waals surface area (Å²) in [6, 6.07) is 6.47. The molecule has 0 aliphatic heterocycles. The van der Waals surface area contributed by atoms with E-state index < -0.39 is 13.0 Å². The Morgan fingerprint density at radius 1 is 1.35 bits per heavy atom. The zero-order valence-corrected chi connectivity index (χ0v) is 14.2. The van der Waals surface area contributed by atoms with Gasteiger partial charge in [-0.3, -0.25) is 4.79 Å². The minimum Gasteiger partial charge on any atom is -0.488 e. The molecule has 6 heteroatoms. The molecule has 1 aromatic carbocycles. The van der Waals surface area contributed by atoms with E-state index >= 15 is 0 Å². The van der Waals surface area contributed by atoms with Gasteiger partial charge in [-0.05, 0) is 44.9 Å². The molecule has 2 N–H and O–H groups in total. The fraction of sp³-hybridized carbons (Fsp3) is 0.588. The number of ether oxygens (including phenoxy) is 1. The van der Waals surface area contributed by atoms with E-state index in [-0.39, 0.29) is 17.5 Å². The molecule has 0 spiro atoms. The van der Waals surface area contributed by atoms with Gasteiger partial charge in [0.05, 0.1) is 6.04 Å². The average molecular weight is 328 g/mol. The molecule has 0 bridgehead atoms. The number of hydrogen-bond acceptors (Lipinski definition) is 3. The third-order valence-electron chi connectivity index (χ3n) is 3.63. The number of nitrogens with one attached hydrogen (secondary N) is 2. The van der Waals surface area contributed by atoms with Gasteiger partial charge in [0.1, 0.15) is 12.4 Å². The predicted octanol–water partition coefficient (Wildman–Crippen LogP) is 3.11. The zero-order valence-electron chi connectivity index (χ0n) is 14.2. The van der Waals surface area contributed by atoms with Gasteiger partial charge in [0.25, 0.3) is 6.43 Å². The van der Waals surface area contributed by atoms with Crippen molar-refractivity contribution < 1.29 is 18.3 Å². The Morgan fingerprint density at radius 2 is 2.04 bits per heavy atom. The van der Waals surface area contributed by atoms with Gasteiger partial charge >= 0.3 is 0 Å². The largest absolute Gasteiger partial charge is 0.488 e. The maximum Gasteiger partial charge on any atom is 0.272 e. The summed E-state index contributed by atoms with van der Waals surface area (Å²) in [5, 5.41) is 6.10. The number of rotatable bonds is 9. The van der Waals surface area contributed by atoms with Crippen LogP contribution in [0.4, 0.5) is 8.78 Å². The van der Waals surface area contributed by atoms with Crippen LogP contribution in [-0.4, -0.2) is 30.5 Å². The van der Waals surface area contributed by atoms with E-state index in [9.17, 15) is 13.6 Å². The zero-order chi connectivity index (χ0) is 17.5. The summed E-state index contributed by atoms with van der Waals surface area (Å²) in [5.41, 5.74) is 0.687. The molecule has 0 unspecified atom stereocenters. The molecule has 0 radical (unpaired) electrons.